The van der Waals surface area contributed by atoms with Crippen LogP contribution in [0.15, 0.2) is 12.4 Å². The smallest absolute Gasteiger partial charge is 0.0719 e. The first-order valence-corrected chi connectivity index (χ1v) is 4.60. The van der Waals surface area contributed by atoms with Gasteiger partial charge in [0.2, 0.25) is 0 Å². The quantitative estimate of drug-likeness (QED) is 0.724. The zero-order valence-corrected chi connectivity index (χ0v) is 8.66. The average Bonchev–Trinajstić information content (AvgIpc) is 2.56. The van der Waals surface area contributed by atoms with E-state index in [9.17, 15) is 0 Å². The van der Waals surface area contributed by atoms with Crippen molar-refractivity contribution in [1.82, 2.24) is 9.78 Å². The van der Waals surface area contributed by atoms with Gasteiger partial charge in [0.15, 0.2) is 0 Å². The molecule has 0 aliphatic heterocycles. The molecule has 76 valence electrons. The lowest BCUT2D eigenvalue weighted by Crippen LogP contribution is -2.01. The van der Waals surface area contributed by atoms with E-state index in [1.807, 2.05) is 24.7 Å². The highest BCUT2D eigenvalue weighted by Crippen LogP contribution is 1.98. The molecule has 1 aromatic heterocycles. The first-order valence-electron chi connectivity index (χ1n) is 4.60. The van der Waals surface area contributed by atoms with E-state index in [4.69, 9.17) is 10.5 Å². The monoisotopic (exact) mass is 185 g/mol. The number of aryl methyl sites for hydroxylation is 1. The lowest BCUT2D eigenvalue weighted by Gasteiger charge is -1.98. The van der Waals surface area contributed by atoms with E-state index in [-0.39, 0.29) is 0 Å². The van der Waals surface area contributed by atoms with E-state index in [1.165, 1.54) is 0 Å². The molecule has 0 saturated heterocycles. The van der Waals surface area contributed by atoms with Crippen LogP contribution in [0.4, 0.5) is 5.69 Å². The van der Waals surface area contributed by atoms with Crippen molar-refractivity contribution < 1.29 is 4.74 Å². The summed E-state index contributed by atoms with van der Waals surface area (Å²) in [5, 5.41) is 4.02. The Balaban J connectivity index is 0.000000671. The van der Waals surface area contributed by atoms with Crippen LogP contribution in [0.25, 0.3) is 0 Å². The fourth-order valence-corrected chi connectivity index (χ4v) is 0.873. The molecule has 0 radical (unpaired) electrons. The van der Waals surface area contributed by atoms with E-state index >= 15 is 0 Å². The number of methoxy groups -OCH3 is 1. The van der Waals surface area contributed by atoms with E-state index in [1.54, 1.807) is 13.3 Å². The second kappa shape index (κ2) is 7.61. The Morgan fingerprint density at radius 3 is 2.69 bits per heavy atom. The molecule has 0 saturated carbocycles. The number of hydrogen-bond donors (Lipinski definition) is 1. The Morgan fingerprint density at radius 1 is 1.54 bits per heavy atom. The Bertz CT molecular complexity index is 210. The second-order valence-corrected chi connectivity index (χ2v) is 2.38. The maximum absolute atomic E-state index is 5.47. The molecule has 4 heteroatoms. The van der Waals surface area contributed by atoms with Gasteiger partial charge in [0, 0.05) is 26.5 Å². The fourth-order valence-electron chi connectivity index (χ4n) is 0.873. The molecule has 0 aliphatic carbocycles. The van der Waals surface area contributed by atoms with Crippen molar-refractivity contribution in [1.29, 1.82) is 0 Å². The predicted octanol–water partition coefficient (Wildman–Crippen LogP) is 1.53. The van der Waals surface area contributed by atoms with Gasteiger partial charge in [0.1, 0.15) is 0 Å². The molecular weight excluding hydrogens is 166 g/mol. The molecule has 0 aromatic carbocycles. The predicted molar refractivity (Wildman–Crippen MR) is 54.5 cm³/mol. The van der Waals surface area contributed by atoms with Gasteiger partial charge in [-0.1, -0.05) is 13.8 Å². The number of nitrogens with two attached hydrogens (primary N) is 1. The summed E-state index contributed by atoms with van der Waals surface area (Å²) >= 11 is 0. The zero-order valence-electron chi connectivity index (χ0n) is 8.66. The van der Waals surface area contributed by atoms with Gasteiger partial charge in [-0.05, 0) is 6.42 Å². The zero-order chi connectivity index (χ0) is 10.1. The highest BCUT2D eigenvalue weighted by molar-refractivity contribution is 5.30. The molecule has 0 spiro atoms. The molecule has 2 N–H and O–H groups in total. The molecule has 0 unspecified atom stereocenters. The molecule has 0 bridgehead atoms. The molecule has 1 rings (SSSR count). The van der Waals surface area contributed by atoms with E-state index in [2.05, 4.69) is 5.10 Å². The van der Waals surface area contributed by atoms with Crippen molar-refractivity contribution >= 4 is 5.69 Å². The first-order chi connectivity index (χ1) is 6.33. The van der Waals surface area contributed by atoms with Crippen LogP contribution in [0.5, 0.6) is 0 Å². The third kappa shape index (κ3) is 5.25. The topological polar surface area (TPSA) is 53.1 Å². The minimum atomic E-state index is 0.711. The van der Waals surface area contributed by atoms with Gasteiger partial charge in [0.25, 0.3) is 0 Å². The van der Waals surface area contributed by atoms with Crippen LogP contribution in [0.2, 0.25) is 0 Å². The summed E-state index contributed by atoms with van der Waals surface area (Å²) in [6.07, 6.45) is 4.43. The number of aromatic nitrogens is 2. The largest absolute Gasteiger partial charge is 0.396 e. The molecule has 13 heavy (non-hydrogen) atoms. The van der Waals surface area contributed by atoms with Crippen molar-refractivity contribution in [2.24, 2.45) is 0 Å². The Kier molecular flexibility index (Phi) is 7.01. The standard InChI is InChI=1S/C7H13N3O.C2H6/c1-11-4-2-3-10-6-7(8)5-9-10;1-2/h5-6H,2-4,8H2,1H3;1-2H3. The normalized spacial score (nSPS) is 9.15. The third-order valence-electron chi connectivity index (χ3n) is 1.39. The van der Waals surface area contributed by atoms with Crippen LogP contribution < -0.4 is 5.73 Å². The summed E-state index contributed by atoms with van der Waals surface area (Å²) in [5.41, 5.74) is 6.18. The van der Waals surface area contributed by atoms with E-state index < -0.39 is 0 Å². The van der Waals surface area contributed by atoms with Crippen LogP contribution >= 0.6 is 0 Å². The molecule has 0 aliphatic rings. The van der Waals surface area contributed by atoms with Crippen molar-refractivity contribution in [3.05, 3.63) is 12.4 Å². The van der Waals surface area contributed by atoms with Crippen molar-refractivity contribution in [2.45, 2.75) is 26.8 Å². The highest BCUT2D eigenvalue weighted by Gasteiger charge is 1.92. The number of anilines is 1. The molecule has 0 fully saturated rings. The lowest BCUT2D eigenvalue weighted by molar-refractivity contribution is 0.189. The number of nitrogen functional groups attached to an aromatic ring is 1. The molecule has 4 nitrogen and oxygen atoms in total. The van der Waals surface area contributed by atoms with Gasteiger partial charge in [-0.3, -0.25) is 4.68 Å². The maximum atomic E-state index is 5.47. The van der Waals surface area contributed by atoms with Gasteiger partial charge < -0.3 is 10.5 Å². The van der Waals surface area contributed by atoms with Crippen molar-refractivity contribution in [2.75, 3.05) is 19.5 Å². The van der Waals surface area contributed by atoms with E-state index in [0.29, 0.717) is 5.69 Å². The summed E-state index contributed by atoms with van der Waals surface area (Å²) in [7, 11) is 1.69. The van der Waals surface area contributed by atoms with Crippen LogP contribution in [0.1, 0.15) is 20.3 Å². The summed E-state index contributed by atoms with van der Waals surface area (Å²) in [4.78, 5) is 0. The number of hydrogen-bond acceptors (Lipinski definition) is 3. The second-order valence-electron chi connectivity index (χ2n) is 2.38. The average molecular weight is 185 g/mol. The minimum Gasteiger partial charge on any atom is -0.396 e. The fraction of sp³-hybridized carbons (Fsp3) is 0.667. The third-order valence-corrected chi connectivity index (χ3v) is 1.39. The Hall–Kier alpha value is -1.03. The number of nitrogens with zero attached hydrogens (tertiary/aromatic N) is 2. The van der Waals surface area contributed by atoms with Crippen molar-refractivity contribution in [3.8, 4) is 0 Å². The van der Waals surface area contributed by atoms with Crippen LogP contribution in [-0.2, 0) is 11.3 Å². The summed E-state index contributed by atoms with van der Waals surface area (Å²) in [6, 6.07) is 0. The molecule has 1 heterocycles. The lowest BCUT2D eigenvalue weighted by atomic mass is 10.4. The highest BCUT2D eigenvalue weighted by atomic mass is 16.5. The molecular formula is C9H19N3O. The summed E-state index contributed by atoms with van der Waals surface area (Å²) in [6.45, 7) is 5.63. The summed E-state index contributed by atoms with van der Waals surface area (Å²) in [5.74, 6) is 0. The van der Waals surface area contributed by atoms with Gasteiger partial charge in [-0.15, -0.1) is 0 Å². The van der Waals surface area contributed by atoms with Crippen LogP contribution in [0.3, 0.4) is 0 Å². The van der Waals surface area contributed by atoms with Crippen LogP contribution in [0, 0.1) is 0 Å². The van der Waals surface area contributed by atoms with Gasteiger partial charge in [-0.25, -0.2) is 0 Å². The summed E-state index contributed by atoms with van der Waals surface area (Å²) < 4.78 is 6.71. The maximum Gasteiger partial charge on any atom is 0.0719 e. The Morgan fingerprint density at radius 2 is 2.23 bits per heavy atom. The number of rotatable bonds is 4. The van der Waals surface area contributed by atoms with Gasteiger partial charge in [-0.2, -0.15) is 5.10 Å². The van der Waals surface area contributed by atoms with Gasteiger partial charge in [0.05, 0.1) is 11.9 Å². The minimum absolute atomic E-state index is 0.711. The van der Waals surface area contributed by atoms with Crippen molar-refractivity contribution in [3.63, 3.8) is 0 Å². The van der Waals surface area contributed by atoms with E-state index in [0.717, 1.165) is 19.6 Å². The number of ether oxygens (including phenoxy) is 1. The first kappa shape index (κ1) is 12.0. The molecule has 0 atom stereocenters. The SMILES string of the molecule is CC.COCCCn1cc(N)cn1. The molecule has 0 amide bonds. The van der Waals surface area contributed by atoms with Gasteiger partial charge >= 0.3 is 0 Å². The molecule has 1 aromatic rings. The van der Waals surface area contributed by atoms with Crippen LogP contribution in [-0.4, -0.2) is 23.5 Å². The Labute approximate surface area is 79.7 Å².